The third kappa shape index (κ3) is 3.62. The largest absolute Gasteiger partial charge is 0.390 e. The molecule has 3 aliphatic rings. The van der Waals surface area contributed by atoms with Crippen LogP contribution in [0.25, 0.3) is 0 Å². The van der Waals surface area contributed by atoms with Gasteiger partial charge in [0.25, 0.3) is 0 Å². The van der Waals surface area contributed by atoms with Gasteiger partial charge in [-0.3, -0.25) is 0 Å². The monoisotopic (exact) mass is 294 g/mol. The van der Waals surface area contributed by atoms with Crippen LogP contribution in [0.4, 0.5) is 0 Å². The number of hydrogen-bond acceptors (Lipinski definition) is 3. The van der Waals surface area contributed by atoms with Crippen LogP contribution in [0, 0.1) is 11.8 Å². The molecule has 3 rings (SSSR count). The molecule has 122 valence electrons. The van der Waals surface area contributed by atoms with Crippen LogP contribution in [0.2, 0.25) is 0 Å². The van der Waals surface area contributed by atoms with Gasteiger partial charge in [-0.25, -0.2) is 0 Å². The number of piperidine rings is 1. The molecule has 2 N–H and O–H groups in total. The summed E-state index contributed by atoms with van der Waals surface area (Å²) in [5, 5.41) is 14.4. The van der Waals surface area contributed by atoms with E-state index in [1.807, 2.05) is 0 Å². The van der Waals surface area contributed by atoms with Gasteiger partial charge in [0.2, 0.25) is 0 Å². The average molecular weight is 294 g/mol. The Morgan fingerprint density at radius 1 is 1.05 bits per heavy atom. The molecular formula is C18H34N2O. The molecule has 3 nitrogen and oxygen atoms in total. The van der Waals surface area contributed by atoms with Gasteiger partial charge in [0.05, 0.1) is 5.60 Å². The number of hydrogen-bond donors (Lipinski definition) is 2. The number of fused-ring (bicyclic) bond motifs is 1. The van der Waals surface area contributed by atoms with E-state index in [0.717, 1.165) is 31.8 Å². The quantitative estimate of drug-likeness (QED) is 0.786. The van der Waals surface area contributed by atoms with E-state index >= 15 is 0 Å². The van der Waals surface area contributed by atoms with Crippen molar-refractivity contribution >= 4 is 0 Å². The molecule has 1 heterocycles. The minimum absolute atomic E-state index is 0.319. The third-order valence-corrected chi connectivity index (χ3v) is 6.53. The molecule has 0 radical (unpaired) electrons. The van der Waals surface area contributed by atoms with Crippen molar-refractivity contribution in [2.24, 2.45) is 11.8 Å². The molecule has 0 aromatic heterocycles. The van der Waals surface area contributed by atoms with E-state index in [-0.39, 0.29) is 5.60 Å². The smallest absolute Gasteiger partial charge is 0.0700 e. The second kappa shape index (κ2) is 6.97. The summed E-state index contributed by atoms with van der Waals surface area (Å²) in [6.45, 7) is 3.50. The average Bonchev–Trinajstić information content (AvgIpc) is 2.72. The molecule has 1 saturated heterocycles. The van der Waals surface area contributed by atoms with Crippen LogP contribution >= 0.6 is 0 Å². The number of aliphatic hydroxyl groups is 1. The maximum Gasteiger partial charge on any atom is 0.0700 e. The van der Waals surface area contributed by atoms with Crippen molar-refractivity contribution in [3.63, 3.8) is 0 Å². The molecule has 3 fully saturated rings. The highest BCUT2D eigenvalue weighted by Gasteiger charge is 2.43. The van der Waals surface area contributed by atoms with Crippen LogP contribution in [-0.2, 0) is 0 Å². The molecule has 21 heavy (non-hydrogen) atoms. The second-order valence-corrected chi connectivity index (χ2v) is 7.85. The first kappa shape index (κ1) is 15.8. The van der Waals surface area contributed by atoms with E-state index in [1.165, 1.54) is 57.9 Å². The fraction of sp³-hybridized carbons (Fsp3) is 1.00. The van der Waals surface area contributed by atoms with Crippen LogP contribution in [-0.4, -0.2) is 48.3 Å². The number of nitrogens with one attached hydrogen (secondary N) is 1. The summed E-state index contributed by atoms with van der Waals surface area (Å²) in [5.74, 6) is 1.35. The molecule has 0 aromatic rings. The Hall–Kier alpha value is -0.120. The van der Waals surface area contributed by atoms with Crippen molar-refractivity contribution in [1.29, 1.82) is 0 Å². The molecule has 4 atom stereocenters. The Morgan fingerprint density at radius 3 is 2.71 bits per heavy atom. The van der Waals surface area contributed by atoms with Crippen molar-refractivity contribution in [2.75, 3.05) is 26.7 Å². The topological polar surface area (TPSA) is 35.5 Å². The lowest BCUT2D eigenvalue weighted by molar-refractivity contribution is -0.0978. The fourth-order valence-corrected chi connectivity index (χ4v) is 5.12. The van der Waals surface area contributed by atoms with E-state index in [2.05, 4.69) is 17.3 Å². The van der Waals surface area contributed by atoms with Crippen LogP contribution in [0.1, 0.15) is 64.2 Å². The van der Waals surface area contributed by atoms with Gasteiger partial charge in [-0.05, 0) is 45.1 Å². The summed E-state index contributed by atoms with van der Waals surface area (Å²) in [5.41, 5.74) is -0.319. The minimum atomic E-state index is -0.319. The molecule has 0 spiro atoms. The molecule has 1 aliphatic heterocycles. The summed E-state index contributed by atoms with van der Waals surface area (Å²) >= 11 is 0. The first-order chi connectivity index (χ1) is 10.2. The number of likely N-dealkylation sites (tertiary alicyclic amines) is 1. The molecule has 2 saturated carbocycles. The van der Waals surface area contributed by atoms with E-state index < -0.39 is 0 Å². The van der Waals surface area contributed by atoms with Crippen LogP contribution in [0.3, 0.4) is 0 Å². The highest BCUT2D eigenvalue weighted by Crippen LogP contribution is 2.40. The normalized spacial score (nSPS) is 42.3. The standard InChI is InChI=1S/C18H34N2O/c1-19-17-9-4-2-3-7-15(17)13-20-12-11-18(21)10-6-5-8-16(18)14-20/h15-17,19,21H,2-14H2,1H3. The Labute approximate surface area is 130 Å². The van der Waals surface area contributed by atoms with E-state index in [9.17, 15) is 5.11 Å². The predicted molar refractivity (Wildman–Crippen MR) is 87.4 cm³/mol. The van der Waals surface area contributed by atoms with Crippen molar-refractivity contribution in [3.8, 4) is 0 Å². The van der Waals surface area contributed by atoms with Gasteiger partial charge < -0.3 is 15.3 Å². The highest BCUT2D eigenvalue weighted by molar-refractivity contribution is 4.96. The van der Waals surface area contributed by atoms with E-state index in [4.69, 9.17) is 0 Å². The molecule has 0 aromatic carbocycles. The fourth-order valence-electron chi connectivity index (χ4n) is 5.12. The lowest BCUT2D eigenvalue weighted by Crippen LogP contribution is -2.54. The molecule has 3 heteroatoms. The van der Waals surface area contributed by atoms with Gasteiger partial charge in [-0.2, -0.15) is 0 Å². The Balaban J connectivity index is 1.57. The zero-order valence-electron chi connectivity index (χ0n) is 13.8. The Kier molecular flexibility index (Phi) is 5.23. The van der Waals surface area contributed by atoms with Crippen molar-refractivity contribution < 1.29 is 5.11 Å². The maximum atomic E-state index is 10.8. The van der Waals surface area contributed by atoms with Gasteiger partial charge in [0.15, 0.2) is 0 Å². The first-order valence-electron chi connectivity index (χ1n) is 9.33. The predicted octanol–water partition coefficient (Wildman–Crippen LogP) is 2.78. The molecule has 0 bridgehead atoms. The van der Waals surface area contributed by atoms with Crippen molar-refractivity contribution in [3.05, 3.63) is 0 Å². The Morgan fingerprint density at radius 2 is 1.86 bits per heavy atom. The lowest BCUT2D eigenvalue weighted by Gasteiger charge is -2.48. The van der Waals surface area contributed by atoms with Gasteiger partial charge in [-0.1, -0.05) is 32.1 Å². The molecular weight excluding hydrogens is 260 g/mol. The molecule has 4 unspecified atom stereocenters. The summed E-state index contributed by atoms with van der Waals surface area (Å²) in [7, 11) is 2.14. The number of nitrogens with zero attached hydrogens (tertiary/aromatic N) is 1. The van der Waals surface area contributed by atoms with Crippen molar-refractivity contribution in [2.45, 2.75) is 75.9 Å². The van der Waals surface area contributed by atoms with Crippen LogP contribution in [0.5, 0.6) is 0 Å². The summed E-state index contributed by atoms with van der Waals surface area (Å²) in [6, 6.07) is 0.708. The van der Waals surface area contributed by atoms with Crippen molar-refractivity contribution in [1.82, 2.24) is 10.2 Å². The number of rotatable bonds is 3. The van der Waals surface area contributed by atoms with E-state index in [0.29, 0.717) is 12.0 Å². The molecule has 2 aliphatic carbocycles. The lowest BCUT2D eigenvalue weighted by atomic mass is 9.71. The third-order valence-electron chi connectivity index (χ3n) is 6.53. The summed E-state index contributed by atoms with van der Waals surface area (Å²) < 4.78 is 0. The second-order valence-electron chi connectivity index (χ2n) is 7.85. The van der Waals surface area contributed by atoms with Crippen LogP contribution in [0.15, 0.2) is 0 Å². The zero-order valence-corrected chi connectivity index (χ0v) is 13.8. The van der Waals surface area contributed by atoms with Gasteiger partial charge in [-0.15, -0.1) is 0 Å². The van der Waals surface area contributed by atoms with Crippen LogP contribution < -0.4 is 5.32 Å². The van der Waals surface area contributed by atoms with Gasteiger partial charge in [0.1, 0.15) is 0 Å². The van der Waals surface area contributed by atoms with Gasteiger partial charge in [0, 0.05) is 31.6 Å². The van der Waals surface area contributed by atoms with Gasteiger partial charge >= 0.3 is 0 Å². The SMILES string of the molecule is CNC1CCCCCC1CN1CCC2(O)CCCCC2C1. The minimum Gasteiger partial charge on any atom is -0.390 e. The zero-order chi connectivity index (χ0) is 14.7. The molecule has 0 amide bonds. The first-order valence-corrected chi connectivity index (χ1v) is 9.33. The Bertz CT molecular complexity index is 335. The summed E-state index contributed by atoms with van der Waals surface area (Å²) in [4.78, 5) is 2.67. The van der Waals surface area contributed by atoms with E-state index in [1.54, 1.807) is 0 Å². The highest BCUT2D eigenvalue weighted by atomic mass is 16.3. The maximum absolute atomic E-state index is 10.8. The summed E-state index contributed by atoms with van der Waals surface area (Å²) in [6.07, 6.45) is 12.8.